The summed E-state index contributed by atoms with van der Waals surface area (Å²) in [4.78, 5) is 6.79. The zero-order chi connectivity index (χ0) is 12.8. The monoisotopic (exact) mass is 247 g/mol. The molecule has 18 heavy (non-hydrogen) atoms. The Bertz CT molecular complexity index is 357. The zero-order valence-electron chi connectivity index (χ0n) is 11.7. The molecule has 0 saturated carbocycles. The predicted octanol–water partition coefficient (Wildman–Crippen LogP) is 2.82. The topological polar surface area (TPSA) is 28.2 Å². The van der Waals surface area contributed by atoms with Crippen LogP contribution in [-0.2, 0) is 6.54 Å². The molecule has 0 radical (unpaired) electrons. The molecule has 0 aromatic carbocycles. The van der Waals surface area contributed by atoms with Crippen molar-refractivity contribution in [3.63, 3.8) is 0 Å². The number of pyridine rings is 1. The van der Waals surface area contributed by atoms with Crippen LogP contribution < -0.4 is 10.2 Å². The molecule has 0 unspecified atom stereocenters. The fourth-order valence-electron chi connectivity index (χ4n) is 2.71. The van der Waals surface area contributed by atoms with Gasteiger partial charge in [0, 0.05) is 43.3 Å². The summed E-state index contributed by atoms with van der Waals surface area (Å²) in [5.41, 5.74) is 2.70. The van der Waals surface area contributed by atoms with Crippen molar-refractivity contribution in [1.82, 2.24) is 10.3 Å². The number of rotatable bonds is 5. The van der Waals surface area contributed by atoms with Gasteiger partial charge in [0.05, 0.1) is 0 Å². The highest BCUT2D eigenvalue weighted by molar-refractivity contribution is 5.52. The zero-order valence-corrected chi connectivity index (χ0v) is 11.7. The summed E-state index contributed by atoms with van der Waals surface area (Å²) in [6.45, 7) is 8.77. The van der Waals surface area contributed by atoms with Crippen molar-refractivity contribution < 1.29 is 0 Å². The number of nitrogens with zero attached hydrogens (tertiary/aromatic N) is 2. The first kappa shape index (κ1) is 13.3. The minimum atomic E-state index is 0.924. The highest BCUT2D eigenvalue weighted by Gasteiger charge is 2.19. The summed E-state index contributed by atoms with van der Waals surface area (Å²) >= 11 is 0. The van der Waals surface area contributed by atoms with Crippen molar-refractivity contribution >= 4 is 5.69 Å². The first-order valence-corrected chi connectivity index (χ1v) is 7.23. The third-order valence-electron chi connectivity index (χ3n) is 3.98. The van der Waals surface area contributed by atoms with E-state index in [2.05, 4.69) is 35.1 Å². The number of nitrogens with one attached hydrogen (secondary N) is 1. The number of hydrogen-bond acceptors (Lipinski definition) is 3. The predicted molar refractivity (Wildman–Crippen MR) is 76.8 cm³/mol. The van der Waals surface area contributed by atoms with Gasteiger partial charge in [0.2, 0.25) is 0 Å². The molecule has 1 N–H and O–H groups in total. The molecule has 1 fully saturated rings. The maximum Gasteiger partial charge on any atom is 0.0442 e. The lowest BCUT2D eigenvalue weighted by atomic mass is 9.94. The fraction of sp³-hybridized carbons (Fsp3) is 0.667. The first-order valence-electron chi connectivity index (χ1n) is 7.23. The average molecular weight is 247 g/mol. The van der Waals surface area contributed by atoms with E-state index in [9.17, 15) is 0 Å². The second kappa shape index (κ2) is 6.74. The van der Waals surface area contributed by atoms with Crippen molar-refractivity contribution in [2.24, 2.45) is 5.92 Å². The van der Waals surface area contributed by atoms with Crippen LogP contribution in [0.4, 0.5) is 5.69 Å². The molecule has 1 aromatic rings. The second-order valence-electron chi connectivity index (χ2n) is 5.12. The Hall–Kier alpha value is -1.09. The van der Waals surface area contributed by atoms with Gasteiger partial charge in [0.1, 0.15) is 0 Å². The molecule has 2 rings (SSSR count). The number of hydrogen-bond donors (Lipinski definition) is 1. The van der Waals surface area contributed by atoms with Gasteiger partial charge >= 0.3 is 0 Å². The van der Waals surface area contributed by atoms with Crippen molar-refractivity contribution in [3.8, 4) is 0 Å². The van der Waals surface area contributed by atoms with Gasteiger partial charge in [-0.1, -0.05) is 20.3 Å². The molecule has 1 aromatic heterocycles. The Morgan fingerprint density at radius 1 is 1.33 bits per heavy atom. The van der Waals surface area contributed by atoms with Gasteiger partial charge in [0.25, 0.3) is 0 Å². The molecule has 0 spiro atoms. The lowest BCUT2D eigenvalue weighted by molar-refractivity contribution is 0.394. The van der Waals surface area contributed by atoms with Gasteiger partial charge in [0.15, 0.2) is 0 Å². The van der Waals surface area contributed by atoms with Crippen LogP contribution >= 0.6 is 0 Å². The van der Waals surface area contributed by atoms with Crippen LogP contribution in [0.2, 0.25) is 0 Å². The summed E-state index contributed by atoms with van der Waals surface area (Å²) in [6.07, 6.45) is 7.91. The van der Waals surface area contributed by atoms with Crippen molar-refractivity contribution in [2.45, 2.75) is 39.7 Å². The molecular weight excluding hydrogens is 222 g/mol. The van der Waals surface area contributed by atoms with Crippen LogP contribution in [0, 0.1) is 5.92 Å². The van der Waals surface area contributed by atoms with E-state index in [1.54, 1.807) is 0 Å². The maximum atomic E-state index is 4.26. The molecule has 0 aliphatic carbocycles. The van der Waals surface area contributed by atoms with Crippen LogP contribution in [0.3, 0.4) is 0 Å². The molecule has 0 bridgehead atoms. The number of piperidine rings is 1. The molecule has 3 nitrogen and oxygen atoms in total. The SMILES string of the molecule is CCNCc1cnccc1N1CCC(CC)CC1. The highest BCUT2D eigenvalue weighted by atomic mass is 15.1. The molecule has 0 amide bonds. The first-order chi connectivity index (χ1) is 8.85. The van der Waals surface area contributed by atoms with Gasteiger partial charge in [-0.2, -0.15) is 0 Å². The minimum absolute atomic E-state index is 0.924. The summed E-state index contributed by atoms with van der Waals surface area (Å²) < 4.78 is 0. The summed E-state index contributed by atoms with van der Waals surface area (Å²) in [6, 6.07) is 2.17. The smallest absolute Gasteiger partial charge is 0.0442 e. The van der Waals surface area contributed by atoms with Gasteiger partial charge in [-0.15, -0.1) is 0 Å². The van der Waals surface area contributed by atoms with Gasteiger partial charge < -0.3 is 10.2 Å². The van der Waals surface area contributed by atoms with E-state index in [1.165, 1.54) is 43.6 Å². The lowest BCUT2D eigenvalue weighted by Gasteiger charge is -2.34. The van der Waals surface area contributed by atoms with Crippen LogP contribution in [0.5, 0.6) is 0 Å². The van der Waals surface area contributed by atoms with Crippen LogP contribution in [-0.4, -0.2) is 24.6 Å². The average Bonchev–Trinajstić information content (AvgIpc) is 2.45. The molecule has 1 saturated heterocycles. The molecule has 2 heterocycles. The fourth-order valence-corrected chi connectivity index (χ4v) is 2.71. The third kappa shape index (κ3) is 3.22. The second-order valence-corrected chi connectivity index (χ2v) is 5.12. The Morgan fingerprint density at radius 3 is 2.78 bits per heavy atom. The van der Waals surface area contributed by atoms with Crippen molar-refractivity contribution in [3.05, 3.63) is 24.0 Å². The van der Waals surface area contributed by atoms with Gasteiger partial charge in [-0.05, 0) is 31.4 Å². The molecule has 1 aliphatic rings. The molecular formula is C15H25N3. The van der Waals surface area contributed by atoms with Crippen LogP contribution in [0.1, 0.15) is 38.7 Å². The highest BCUT2D eigenvalue weighted by Crippen LogP contribution is 2.27. The van der Waals surface area contributed by atoms with Gasteiger partial charge in [-0.3, -0.25) is 4.98 Å². The van der Waals surface area contributed by atoms with Crippen molar-refractivity contribution in [2.75, 3.05) is 24.5 Å². The van der Waals surface area contributed by atoms with E-state index in [0.717, 1.165) is 19.0 Å². The Balaban J connectivity index is 2.03. The third-order valence-corrected chi connectivity index (χ3v) is 3.98. The molecule has 100 valence electrons. The molecule has 1 aliphatic heterocycles. The van der Waals surface area contributed by atoms with E-state index in [4.69, 9.17) is 0 Å². The van der Waals surface area contributed by atoms with E-state index >= 15 is 0 Å². The molecule has 0 atom stereocenters. The van der Waals surface area contributed by atoms with E-state index in [0.29, 0.717) is 0 Å². The Morgan fingerprint density at radius 2 is 2.11 bits per heavy atom. The minimum Gasteiger partial charge on any atom is -0.371 e. The standard InChI is InChI=1S/C15H25N3/c1-3-13-6-9-18(10-7-13)15-5-8-17-12-14(15)11-16-4-2/h5,8,12-13,16H,3-4,6-7,9-11H2,1-2H3. The van der Waals surface area contributed by atoms with E-state index < -0.39 is 0 Å². The largest absolute Gasteiger partial charge is 0.371 e. The number of aromatic nitrogens is 1. The Labute approximate surface area is 111 Å². The van der Waals surface area contributed by atoms with Crippen molar-refractivity contribution in [1.29, 1.82) is 0 Å². The van der Waals surface area contributed by atoms with Crippen LogP contribution in [0.25, 0.3) is 0 Å². The summed E-state index contributed by atoms with van der Waals surface area (Å²) in [5.74, 6) is 0.931. The van der Waals surface area contributed by atoms with E-state index in [-0.39, 0.29) is 0 Å². The number of anilines is 1. The normalized spacial score (nSPS) is 17.1. The molecule has 3 heteroatoms. The summed E-state index contributed by atoms with van der Waals surface area (Å²) in [5, 5.41) is 3.40. The van der Waals surface area contributed by atoms with E-state index in [1.807, 2.05) is 12.4 Å². The van der Waals surface area contributed by atoms with Gasteiger partial charge in [-0.25, -0.2) is 0 Å². The summed E-state index contributed by atoms with van der Waals surface area (Å²) in [7, 11) is 0. The van der Waals surface area contributed by atoms with Crippen LogP contribution in [0.15, 0.2) is 18.5 Å². The lowest BCUT2D eigenvalue weighted by Crippen LogP contribution is -2.34. The quantitative estimate of drug-likeness (QED) is 0.867. The maximum absolute atomic E-state index is 4.26. The Kier molecular flexibility index (Phi) is 5.00.